The van der Waals surface area contributed by atoms with Crippen molar-refractivity contribution in [2.24, 2.45) is 0 Å². The van der Waals surface area contributed by atoms with Crippen molar-refractivity contribution in [1.29, 1.82) is 0 Å². The van der Waals surface area contributed by atoms with Crippen molar-refractivity contribution in [3.63, 3.8) is 0 Å². The van der Waals surface area contributed by atoms with E-state index in [1.807, 2.05) is 22.7 Å². The average molecular weight is 379 g/mol. The van der Waals surface area contributed by atoms with Gasteiger partial charge in [-0.15, -0.1) is 22.7 Å². The van der Waals surface area contributed by atoms with Crippen LogP contribution in [0.25, 0.3) is 52.8 Å². The molecule has 6 aromatic rings. The summed E-state index contributed by atoms with van der Waals surface area (Å²) in [5, 5.41) is 14.4. The van der Waals surface area contributed by atoms with Gasteiger partial charge in [-0.2, -0.15) is 0 Å². The zero-order valence-electron chi connectivity index (χ0n) is 14.5. The van der Waals surface area contributed by atoms with Crippen molar-refractivity contribution in [1.82, 2.24) is 0 Å². The Bertz CT molecular complexity index is 1550. The summed E-state index contributed by atoms with van der Waals surface area (Å²) in [6.45, 7) is 0. The molecule has 0 N–H and O–H groups in total. The largest absolute Gasteiger partial charge is 0.132 e. The van der Waals surface area contributed by atoms with Gasteiger partial charge in [-0.3, -0.25) is 0 Å². The highest BCUT2D eigenvalue weighted by Gasteiger charge is 2.22. The van der Waals surface area contributed by atoms with Gasteiger partial charge in [-0.25, -0.2) is 0 Å². The minimum atomic E-state index is 1.05. The predicted molar refractivity (Wildman–Crippen MR) is 120 cm³/mol. The van der Waals surface area contributed by atoms with Crippen LogP contribution < -0.4 is 0 Å². The summed E-state index contributed by atoms with van der Waals surface area (Å²) in [6, 6.07) is 22.6. The van der Waals surface area contributed by atoms with Crippen LogP contribution in [0.1, 0.15) is 11.1 Å². The Hall–Kier alpha value is -2.68. The van der Waals surface area contributed by atoms with Crippen LogP contribution in [0.5, 0.6) is 0 Å². The minimum Gasteiger partial charge on any atom is -0.132 e. The molecule has 0 nitrogen and oxygen atoms in total. The maximum Gasteiger partial charge on any atom is 0.0874 e. The normalized spacial score (nSPS) is 13.0. The third-order valence-electron chi connectivity index (χ3n) is 6.03. The number of fused-ring (bicyclic) bond motifs is 8. The molecule has 27 heavy (non-hydrogen) atoms. The molecule has 0 bridgehead atoms. The fourth-order valence-electron chi connectivity index (χ4n) is 4.84. The van der Waals surface area contributed by atoms with Crippen LogP contribution in [0.4, 0.5) is 0 Å². The first-order valence-electron chi connectivity index (χ1n) is 9.22. The van der Waals surface area contributed by atoms with Crippen LogP contribution >= 0.6 is 22.7 Å². The van der Waals surface area contributed by atoms with E-state index in [4.69, 9.17) is 0 Å². The van der Waals surface area contributed by atoms with Crippen molar-refractivity contribution >= 4 is 64.4 Å². The van der Waals surface area contributed by atoms with E-state index in [0.29, 0.717) is 0 Å². The van der Waals surface area contributed by atoms with Crippen molar-refractivity contribution < 1.29 is 0 Å². The molecule has 0 spiro atoms. The summed E-state index contributed by atoms with van der Waals surface area (Å²) in [7, 11) is 0. The third kappa shape index (κ3) is 1.77. The van der Waals surface area contributed by atoms with Gasteiger partial charge in [0.1, 0.15) is 0 Å². The van der Waals surface area contributed by atoms with Crippen molar-refractivity contribution in [3.05, 3.63) is 82.6 Å². The second-order valence-electron chi connectivity index (χ2n) is 7.40. The lowest BCUT2D eigenvalue weighted by molar-refractivity contribution is 1.22. The SMILES string of the molecule is c1ccc2c(c1)c1ccccc1c1cc3c(cc21)Cc1csc2scc-3c12. The van der Waals surface area contributed by atoms with E-state index >= 15 is 0 Å². The van der Waals surface area contributed by atoms with E-state index in [1.165, 1.54) is 64.0 Å². The molecule has 2 heterocycles. The molecule has 0 aliphatic heterocycles. The van der Waals surface area contributed by atoms with Gasteiger partial charge in [0.15, 0.2) is 0 Å². The molecule has 0 amide bonds. The molecule has 0 saturated carbocycles. The van der Waals surface area contributed by atoms with Crippen LogP contribution in [0.3, 0.4) is 0 Å². The third-order valence-corrected chi connectivity index (χ3v) is 8.20. The highest BCUT2D eigenvalue weighted by atomic mass is 32.2. The molecular formula is C25H14S2. The Kier molecular flexibility index (Phi) is 2.65. The molecule has 4 aromatic carbocycles. The quantitative estimate of drug-likeness (QED) is 0.235. The van der Waals surface area contributed by atoms with Gasteiger partial charge in [0, 0.05) is 16.3 Å². The summed E-state index contributed by atoms with van der Waals surface area (Å²) in [5.74, 6) is 0. The smallest absolute Gasteiger partial charge is 0.0874 e. The van der Waals surface area contributed by atoms with Gasteiger partial charge in [0.2, 0.25) is 0 Å². The van der Waals surface area contributed by atoms with Crippen LogP contribution in [-0.4, -0.2) is 0 Å². The Labute approximate surface area is 164 Å². The van der Waals surface area contributed by atoms with E-state index in [0.717, 1.165) is 6.42 Å². The average Bonchev–Trinajstić information content (AvgIpc) is 3.33. The first-order chi connectivity index (χ1) is 13.4. The van der Waals surface area contributed by atoms with Gasteiger partial charge in [-0.05, 0) is 72.9 Å². The zero-order chi connectivity index (χ0) is 17.5. The fraction of sp³-hybridized carbons (Fsp3) is 0.0400. The van der Waals surface area contributed by atoms with Gasteiger partial charge < -0.3 is 0 Å². The molecule has 7 rings (SSSR count). The number of thiophene rings is 2. The molecule has 0 unspecified atom stereocenters. The summed E-state index contributed by atoms with van der Waals surface area (Å²) < 4.78 is 1.47. The Balaban J connectivity index is 1.72. The Morgan fingerprint density at radius 2 is 1.15 bits per heavy atom. The molecular weight excluding hydrogens is 364 g/mol. The summed E-state index contributed by atoms with van der Waals surface area (Å²) in [5.41, 5.74) is 5.84. The Morgan fingerprint density at radius 3 is 1.85 bits per heavy atom. The monoisotopic (exact) mass is 378 g/mol. The second-order valence-corrected chi connectivity index (χ2v) is 9.41. The molecule has 0 atom stereocenters. The number of rotatable bonds is 0. The van der Waals surface area contributed by atoms with E-state index < -0.39 is 0 Å². The number of benzene rings is 4. The number of hydrogen-bond acceptors (Lipinski definition) is 2. The van der Waals surface area contributed by atoms with Crippen LogP contribution in [0.15, 0.2) is 71.4 Å². The summed E-state index contributed by atoms with van der Waals surface area (Å²) in [4.78, 5) is 0. The van der Waals surface area contributed by atoms with Crippen LogP contribution in [0.2, 0.25) is 0 Å². The standard InChI is InChI=1S/C25H14S2/c1-3-7-18-16(5-1)17-6-2-4-8-19(17)22-11-20-14(10-21(18)22)9-15-12-26-25-24(15)23(20)13-27-25/h1-8,10-13H,9H2. The van der Waals surface area contributed by atoms with E-state index in [9.17, 15) is 0 Å². The topological polar surface area (TPSA) is 0 Å². The molecule has 126 valence electrons. The summed E-state index contributed by atoms with van der Waals surface area (Å²) in [6.07, 6.45) is 1.05. The molecule has 0 fully saturated rings. The Morgan fingerprint density at radius 1 is 0.556 bits per heavy atom. The second kappa shape index (κ2) is 4.98. The molecule has 0 saturated heterocycles. The highest BCUT2D eigenvalue weighted by molar-refractivity contribution is 7.37. The first kappa shape index (κ1) is 14.4. The highest BCUT2D eigenvalue weighted by Crippen LogP contribution is 2.48. The lowest BCUT2D eigenvalue weighted by Gasteiger charge is -2.18. The molecule has 1 aliphatic carbocycles. The van der Waals surface area contributed by atoms with Crippen LogP contribution in [-0.2, 0) is 6.42 Å². The van der Waals surface area contributed by atoms with E-state index in [1.54, 1.807) is 0 Å². The first-order valence-corrected chi connectivity index (χ1v) is 11.0. The fourth-order valence-corrected chi connectivity index (χ4v) is 6.99. The molecule has 1 aliphatic rings. The van der Waals surface area contributed by atoms with Crippen molar-refractivity contribution in [3.8, 4) is 11.1 Å². The molecule has 0 radical (unpaired) electrons. The minimum absolute atomic E-state index is 1.05. The van der Waals surface area contributed by atoms with Gasteiger partial charge in [0.25, 0.3) is 0 Å². The van der Waals surface area contributed by atoms with E-state index in [-0.39, 0.29) is 0 Å². The predicted octanol–water partition coefficient (Wildman–Crippen LogP) is 7.99. The molecule has 2 aromatic heterocycles. The van der Waals surface area contributed by atoms with Crippen LogP contribution in [0, 0.1) is 0 Å². The molecule has 2 heteroatoms. The lowest BCUT2D eigenvalue weighted by Crippen LogP contribution is -1.98. The van der Waals surface area contributed by atoms with E-state index in [2.05, 4.69) is 71.4 Å². The van der Waals surface area contributed by atoms with Crippen molar-refractivity contribution in [2.75, 3.05) is 0 Å². The maximum atomic E-state index is 2.46. The lowest BCUT2D eigenvalue weighted by atomic mass is 9.84. The zero-order valence-corrected chi connectivity index (χ0v) is 16.1. The van der Waals surface area contributed by atoms with Gasteiger partial charge in [-0.1, -0.05) is 48.5 Å². The maximum absolute atomic E-state index is 2.46. The number of hydrogen-bond donors (Lipinski definition) is 0. The van der Waals surface area contributed by atoms with Gasteiger partial charge >= 0.3 is 0 Å². The van der Waals surface area contributed by atoms with Crippen molar-refractivity contribution in [2.45, 2.75) is 6.42 Å². The van der Waals surface area contributed by atoms with Gasteiger partial charge in [0.05, 0.1) is 4.01 Å². The summed E-state index contributed by atoms with van der Waals surface area (Å²) >= 11 is 3.79.